The van der Waals surface area contributed by atoms with Gasteiger partial charge in [-0.25, -0.2) is 0 Å². The largest absolute Gasteiger partial charge is 0.369 e. The summed E-state index contributed by atoms with van der Waals surface area (Å²) in [5, 5.41) is 0. The van der Waals surface area contributed by atoms with E-state index in [1.54, 1.807) is 0 Å². The number of aryl methyl sites for hydroxylation is 1. The van der Waals surface area contributed by atoms with Crippen LogP contribution >= 0.6 is 0 Å². The number of rotatable bonds is 4. The van der Waals surface area contributed by atoms with E-state index in [4.69, 9.17) is 11.5 Å². The van der Waals surface area contributed by atoms with E-state index in [1.807, 2.05) is 6.92 Å². The molecule has 2 rings (SSSR count). The van der Waals surface area contributed by atoms with Gasteiger partial charge in [-0.3, -0.25) is 9.69 Å². The Morgan fingerprint density at radius 2 is 2.21 bits per heavy atom. The molecule has 0 bridgehead atoms. The Hall–Kier alpha value is -1.39. The van der Waals surface area contributed by atoms with Crippen LogP contribution in [0.5, 0.6) is 0 Å². The second kappa shape index (κ2) is 5.31. The van der Waals surface area contributed by atoms with Gasteiger partial charge < -0.3 is 11.5 Å². The van der Waals surface area contributed by atoms with E-state index in [9.17, 15) is 4.79 Å². The summed E-state index contributed by atoms with van der Waals surface area (Å²) in [5.74, 6) is -0.190. The first-order chi connectivity index (χ1) is 8.94. The van der Waals surface area contributed by atoms with E-state index in [2.05, 4.69) is 30.0 Å². The lowest BCUT2D eigenvalue weighted by Gasteiger charge is -2.21. The lowest BCUT2D eigenvalue weighted by atomic mass is 9.89. The summed E-state index contributed by atoms with van der Waals surface area (Å²) in [7, 11) is 0. The molecule has 0 spiro atoms. The van der Waals surface area contributed by atoms with Gasteiger partial charge in [0.05, 0.1) is 5.41 Å². The van der Waals surface area contributed by atoms with Crippen molar-refractivity contribution >= 4 is 5.91 Å². The van der Waals surface area contributed by atoms with Crippen molar-refractivity contribution in [1.29, 1.82) is 0 Å². The molecule has 1 aromatic rings. The maximum atomic E-state index is 11.5. The van der Waals surface area contributed by atoms with Crippen LogP contribution in [0.1, 0.15) is 30.0 Å². The maximum absolute atomic E-state index is 11.5. The number of hydrogen-bond donors (Lipinski definition) is 2. The summed E-state index contributed by atoms with van der Waals surface area (Å²) in [5.41, 5.74) is 14.5. The van der Waals surface area contributed by atoms with Crippen molar-refractivity contribution in [2.45, 2.75) is 33.4 Å². The second-order valence-electron chi connectivity index (χ2n) is 5.85. The summed E-state index contributed by atoms with van der Waals surface area (Å²) in [6, 6.07) is 6.35. The van der Waals surface area contributed by atoms with E-state index in [0.717, 1.165) is 31.6 Å². The molecule has 1 atom stereocenters. The third-order valence-electron chi connectivity index (χ3n) is 4.18. The van der Waals surface area contributed by atoms with Gasteiger partial charge in [0.15, 0.2) is 0 Å². The van der Waals surface area contributed by atoms with E-state index < -0.39 is 0 Å². The number of carbonyl (C=O) groups is 1. The molecule has 1 unspecified atom stereocenters. The summed E-state index contributed by atoms with van der Waals surface area (Å²) in [4.78, 5) is 13.8. The molecule has 1 heterocycles. The zero-order valence-electron chi connectivity index (χ0n) is 11.8. The van der Waals surface area contributed by atoms with Crippen molar-refractivity contribution in [3.8, 4) is 0 Å². The molecule has 19 heavy (non-hydrogen) atoms. The fourth-order valence-electron chi connectivity index (χ4n) is 2.70. The van der Waals surface area contributed by atoms with Crippen molar-refractivity contribution in [2.24, 2.45) is 16.9 Å². The Morgan fingerprint density at radius 3 is 2.74 bits per heavy atom. The normalized spacial score (nSPS) is 23.7. The van der Waals surface area contributed by atoms with Gasteiger partial charge in [0.2, 0.25) is 5.91 Å². The number of benzene rings is 1. The van der Waals surface area contributed by atoms with E-state index in [1.165, 1.54) is 11.1 Å². The van der Waals surface area contributed by atoms with Crippen LogP contribution in [0.15, 0.2) is 18.2 Å². The topological polar surface area (TPSA) is 72.3 Å². The van der Waals surface area contributed by atoms with Gasteiger partial charge in [0, 0.05) is 19.6 Å². The fraction of sp³-hybridized carbons (Fsp3) is 0.533. The summed E-state index contributed by atoms with van der Waals surface area (Å²) < 4.78 is 0. The SMILES string of the molecule is Cc1cc(CN)ccc1CN1CCC(C)(C(N)=O)C1. The first-order valence-corrected chi connectivity index (χ1v) is 6.75. The average Bonchev–Trinajstić information content (AvgIpc) is 2.75. The molecule has 1 aliphatic rings. The van der Waals surface area contributed by atoms with Crippen LogP contribution in [0, 0.1) is 12.3 Å². The molecule has 0 radical (unpaired) electrons. The van der Waals surface area contributed by atoms with Crippen LogP contribution in [-0.4, -0.2) is 23.9 Å². The van der Waals surface area contributed by atoms with Crippen LogP contribution in [0.25, 0.3) is 0 Å². The van der Waals surface area contributed by atoms with Crippen LogP contribution in [0.4, 0.5) is 0 Å². The molecule has 0 aliphatic carbocycles. The highest BCUT2D eigenvalue weighted by atomic mass is 16.1. The van der Waals surface area contributed by atoms with Gasteiger partial charge in [-0.2, -0.15) is 0 Å². The Balaban J connectivity index is 2.05. The molecule has 104 valence electrons. The number of hydrogen-bond acceptors (Lipinski definition) is 3. The minimum atomic E-state index is -0.370. The van der Waals surface area contributed by atoms with E-state index in [0.29, 0.717) is 6.54 Å². The first kappa shape index (κ1) is 14.0. The predicted octanol–water partition coefficient (Wildman–Crippen LogP) is 1.15. The van der Waals surface area contributed by atoms with Gasteiger partial charge in [-0.15, -0.1) is 0 Å². The van der Waals surface area contributed by atoms with Crippen molar-refractivity contribution in [1.82, 2.24) is 4.90 Å². The number of nitrogens with zero attached hydrogens (tertiary/aromatic N) is 1. The number of amides is 1. The highest BCUT2D eigenvalue weighted by Gasteiger charge is 2.38. The highest BCUT2D eigenvalue weighted by molar-refractivity contribution is 5.81. The fourth-order valence-corrected chi connectivity index (χ4v) is 2.70. The number of nitrogens with two attached hydrogens (primary N) is 2. The van der Waals surface area contributed by atoms with Gasteiger partial charge in [-0.05, 0) is 43.5 Å². The smallest absolute Gasteiger partial charge is 0.224 e. The molecule has 1 saturated heterocycles. The quantitative estimate of drug-likeness (QED) is 0.854. The zero-order valence-corrected chi connectivity index (χ0v) is 11.8. The Labute approximate surface area is 114 Å². The van der Waals surface area contributed by atoms with E-state index >= 15 is 0 Å². The summed E-state index contributed by atoms with van der Waals surface area (Å²) in [6.45, 7) is 7.19. The molecule has 1 fully saturated rings. The van der Waals surface area contributed by atoms with Crippen molar-refractivity contribution in [2.75, 3.05) is 13.1 Å². The molecule has 4 nitrogen and oxygen atoms in total. The van der Waals surface area contributed by atoms with Gasteiger partial charge in [-0.1, -0.05) is 18.2 Å². The molecule has 1 aromatic carbocycles. The molecule has 1 aliphatic heterocycles. The lowest BCUT2D eigenvalue weighted by molar-refractivity contribution is -0.126. The van der Waals surface area contributed by atoms with Crippen LogP contribution < -0.4 is 11.5 Å². The zero-order chi connectivity index (χ0) is 14.0. The monoisotopic (exact) mass is 261 g/mol. The van der Waals surface area contributed by atoms with E-state index in [-0.39, 0.29) is 11.3 Å². The second-order valence-corrected chi connectivity index (χ2v) is 5.85. The van der Waals surface area contributed by atoms with Gasteiger partial charge in [0.25, 0.3) is 0 Å². The molecule has 0 saturated carbocycles. The van der Waals surface area contributed by atoms with Crippen LogP contribution in [0.3, 0.4) is 0 Å². The molecule has 0 aromatic heterocycles. The number of primary amides is 1. The molecule has 4 N–H and O–H groups in total. The summed E-state index contributed by atoms with van der Waals surface area (Å²) >= 11 is 0. The van der Waals surface area contributed by atoms with Crippen LogP contribution in [-0.2, 0) is 17.9 Å². The molecular formula is C15H23N3O. The Kier molecular flexibility index (Phi) is 3.92. The van der Waals surface area contributed by atoms with Crippen molar-refractivity contribution < 1.29 is 4.79 Å². The van der Waals surface area contributed by atoms with Gasteiger partial charge >= 0.3 is 0 Å². The maximum Gasteiger partial charge on any atom is 0.224 e. The predicted molar refractivity (Wildman–Crippen MR) is 76.3 cm³/mol. The highest BCUT2D eigenvalue weighted by Crippen LogP contribution is 2.30. The number of carbonyl (C=O) groups excluding carboxylic acids is 1. The standard InChI is InChI=1S/C15H23N3O/c1-11-7-12(8-16)3-4-13(11)9-18-6-5-15(2,10-18)14(17)19/h3-4,7H,5-6,8-10,16H2,1-2H3,(H2,17,19). The first-order valence-electron chi connectivity index (χ1n) is 6.75. The Bertz CT molecular complexity index is 486. The third kappa shape index (κ3) is 2.96. The third-order valence-corrected chi connectivity index (χ3v) is 4.18. The average molecular weight is 261 g/mol. The molecular weight excluding hydrogens is 238 g/mol. The van der Waals surface area contributed by atoms with Crippen molar-refractivity contribution in [3.05, 3.63) is 34.9 Å². The van der Waals surface area contributed by atoms with Crippen molar-refractivity contribution in [3.63, 3.8) is 0 Å². The van der Waals surface area contributed by atoms with Gasteiger partial charge in [0.1, 0.15) is 0 Å². The number of likely N-dealkylation sites (tertiary alicyclic amines) is 1. The molecule has 1 amide bonds. The lowest BCUT2D eigenvalue weighted by Crippen LogP contribution is -2.37. The Morgan fingerprint density at radius 1 is 1.47 bits per heavy atom. The van der Waals surface area contributed by atoms with Crippen LogP contribution in [0.2, 0.25) is 0 Å². The molecule has 4 heteroatoms. The minimum absolute atomic E-state index is 0.190. The summed E-state index contributed by atoms with van der Waals surface area (Å²) in [6.07, 6.45) is 0.849. The minimum Gasteiger partial charge on any atom is -0.369 e.